The lowest BCUT2D eigenvalue weighted by Gasteiger charge is -2.20. The zero-order valence-corrected chi connectivity index (χ0v) is 14.2. The van der Waals surface area contributed by atoms with Crippen molar-refractivity contribution in [3.63, 3.8) is 0 Å². The minimum Gasteiger partial charge on any atom is -0.481 e. The molecule has 0 amide bonds. The molecule has 1 N–H and O–H groups in total. The van der Waals surface area contributed by atoms with E-state index in [1.165, 1.54) is 12.1 Å². The van der Waals surface area contributed by atoms with Gasteiger partial charge in [-0.05, 0) is 58.0 Å². The highest BCUT2D eigenvalue weighted by molar-refractivity contribution is 5.74. The third-order valence-electron chi connectivity index (χ3n) is 4.96. The molecule has 24 heavy (non-hydrogen) atoms. The second kappa shape index (κ2) is 6.02. The van der Waals surface area contributed by atoms with Gasteiger partial charge in [-0.25, -0.2) is 9.07 Å². The third-order valence-corrected chi connectivity index (χ3v) is 4.96. The van der Waals surface area contributed by atoms with Crippen molar-refractivity contribution in [2.45, 2.75) is 33.7 Å². The van der Waals surface area contributed by atoms with Gasteiger partial charge in [0, 0.05) is 24.3 Å². The van der Waals surface area contributed by atoms with E-state index in [9.17, 15) is 14.3 Å². The number of hydrogen-bond donors (Lipinski definition) is 1. The van der Waals surface area contributed by atoms with E-state index >= 15 is 0 Å². The van der Waals surface area contributed by atoms with Crippen molar-refractivity contribution in [3.05, 3.63) is 47.0 Å². The molecule has 1 aliphatic heterocycles. The van der Waals surface area contributed by atoms with Crippen molar-refractivity contribution >= 4 is 5.97 Å². The highest BCUT2D eigenvalue weighted by atomic mass is 19.1. The first-order chi connectivity index (χ1) is 11.3. The molecule has 5 nitrogen and oxygen atoms in total. The molecular weight excluding hydrogens is 309 g/mol. The van der Waals surface area contributed by atoms with Crippen LogP contribution < -0.4 is 0 Å². The fourth-order valence-electron chi connectivity index (χ4n) is 3.33. The van der Waals surface area contributed by atoms with Crippen molar-refractivity contribution in [3.8, 4) is 5.69 Å². The Morgan fingerprint density at radius 3 is 2.58 bits per heavy atom. The molecule has 0 aliphatic carbocycles. The van der Waals surface area contributed by atoms with Crippen molar-refractivity contribution in [2.24, 2.45) is 5.41 Å². The minimum absolute atomic E-state index is 0.273. The van der Waals surface area contributed by atoms with Crippen LogP contribution in [0.2, 0.25) is 0 Å². The standard InChI is InChI=1S/C18H22FN3O2/c1-12-16(10-21-9-8-18(3,11-21)17(23)24)13(2)22(20-12)15-6-4-14(19)5-7-15/h4-7H,8-11H2,1-3H3,(H,23,24). The SMILES string of the molecule is Cc1nn(-c2ccc(F)cc2)c(C)c1CN1CCC(C)(C(=O)O)C1. The fraction of sp³-hybridized carbons (Fsp3) is 0.444. The first-order valence-corrected chi connectivity index (χ1v) is 8.07. The smallest absolute Gasteiger partial charge is 0.310 e. The summed E-state index contributed by atoms with van der Waals surface area (Å²) in [4.78, 5) is 13.6. The van der Waals surface area contributed by atoms with Crippen LogP contribution in [0.3, 0.4) is 0 Å². The van der Waals surface area contributed by atoms with Gasteiger partial charge in [0.25, 0.3) is 0 Å². The van der Waals surface area contributed by atoms with Gasteiger partial charge >= 0.3 is 5.97 Å². The van der Waals surface area contributed by atoms with Crippen LogP contribution in [0.15, 0.2) is 24.3 Å². The van der Waals surface area contributed by atoms with E-state index in [4.69, 9.17) is 0 Å². The van der Waals surface area contributed by atoms with Gasteiger partial charge in [0.2, 0.25) is 0 Å². The van der Waals surface area contributed by atoms with E-state index in [0.29, 0.717) is 19.5 Å². The monoisotopic (exact) mass is 331 g/mol. The number of rotatable bonds is 4. The maximum atomic E-state index is 13.1. The maximum absolute atomic E-state index is 13.1. The summed E-state index contributed by atoms with van der Waals surface area (Å²) in [6, 6.07) is 6.25. The Labute approximate surface area is 140 Å². The van der Waals surface area contributed by atoms with Crippen LogP contribution in [-0.4, -0.2) is 38.8 Å². The maximum Gasteiger partial charge on any atom is 0.310 e. The highest BCUT2D eigenvalue weighted by Crippen LogP contribution is 2.32. The van der Waals surface area contributed by atoms with Crippen molar-refractivity contribution in [2.75, 3.05) is 13.1 Å². The predicted molar refractivity (Wildman–Crippen MR) is 88.6 cm³/mol. The van der Waals surface area contributed by atoms with Crippen LogP contribution >= 0.6 is 0 Å². The largest absolute Gasteiger partial charge is 0.481 e. The molecule has 2 aromatic rings. The molecule has 1 aromatic heterocycles. The van der Waals surface area contributed by atoms with Crippen LogP contribution in [0.5, 0.6) is 0 Å². The first-order valence-electron chi connectivity index (χ1n) is 8.07. The topological polar surface area (TPSA) is 58.4 Å². The van der Waals surface area contributed by atoms with Gasteiger partial charge in [0.1, 0.15) is 5.82 Å². The molecule has 0 saturated carbocycles. The average Bonchev–Trinajstić information content (AvgIpc) is 3.05. The van der Waals surface area contributed by atoms with Gasteiger partial charge in [-0.1, -0.05) is 0 Å². The summed E-state index contributed by atoms with van der Waals surface area (Å²) >= 11 is 0. The van der Waals surface area contributed by atoms with Gasteiger partial charge in [-0.3, -0.25) is 9.69 Å². The van der Waals surface area contributed by atoms with E-state index in [1.807, 2.05) is 18.5 Å². The van der Waals surface area contributed by atoms with E-state index in [2.05, 4.69) is 10.00 Å². The van der Waals surface area contributed by atoms with Gasteiger partial charge in [-0.2, -0.15) is 5.10 Å². The molecule has 0 spiro atoms. The minimum atomic E-state index is -0.736. The lowest BCUT2D eigenvalue weighted by atomic mass is 9.90. The van der Waals surface area contributed by atoms with Gasteiger partial charge in [0.15, 0.2) is 0 Å². The zero-order chi connectivity index (χ0) is 17.5. The Balaban J connectivity index is 1.83. The zero-order valence-electron chi connectivity index (χ0n) is 14.2. The third kappa shape index (κ3) is 2.94. The lowest BCUT2D eigenvalue weighted by molar-refractivity contribution is -0.147. The van der Waals surface area contributed by atoms with Crippen molar-refractivity contribution in [1.29, 1.82) is 0 Å². The Kier molecular flexibility index (Phi) is 4.17. The molecule has 6 heteroatoms. The Hall–Kier alpha value is -2.21. The second-order valence-electron chi connectivity index (χ2n) is 6.86. The molecule has 0 radical (unpaired) electrons. The van der Waals surface area contributed by atoms with E-state index < -0.39 is 11.4 Å². The summed E-state index contributed by atoms with van der Waals surface area (Å²) in [6.45, 7) is 7.74. The molecule has 1 saturated heterocycles. The Morgan fingerprint density at radius 2 is 2.00 bits per heavy atom. The molecular formula is C18H22FN3O2. The van der Waals surface area contributed by atoms with Crippen molar-refractivity contribution < 1.29 is 14.3 Å². The Bertz CT molecular complexity index is 769. The molecule has 128 valence electrons. The van der Waals surface area contributed by atoms with Gasteiger partial charge in [0.05, 0.1) is 16.8 Å². The average molecular weight is 331 g/mol. The summed E-state index contributed by atoms with van der Waals surface area (Å²) in [5.74, 6) is -1.01. The van der Waals surface area contributed by atoms with E-state index in [-0.39, 0.29) is 5.82 Å². The molecule has 1 unspecified atom stereocenters. The first kappa shape index (κ1) is 16.6. The predicted octanol–water partition coefficient (Wildman–Crippen LogP) is 2.92. The molecule has 1 atom stereocenters. The van der Waals surface area contributed by atoms with Gasteiger partial charge in [-0.15, -0.1) is 0 Å². The number of carbonyl (C=O) groups is 1. The number of hydrogen-bond acceptors (Lipinski definition) is 3. The number of likely N-dealkylation sites (tertiary alicyclic amines) is 1. The number of aryl methyl sites for hydroxylation is 1. The van der Waals surface area contributed by atoms with Gasteiger partial charge < -0.3 is 5.11 Å². The van der Waals surface area contributed by atoms with Crippen LogP contribution in [0.4, 0.5) is 4.39 Å². The molecule has 1 aromatic carbocycles. The molecule has 1 fully saturated rings. The fourth-order valence-corrected chi connectivity index (χ4v) is 3.33. The van der Waals surface area contributed by atoms with Crippen LogP contribution in [0.1, 0.15) is 30.3 Å². The number of aliphatic carboxylic acids is 1. The summed E-state index contributed by atoms with van der Waals surface area (Å²) in [5.41, 5.74) is 3.17. The summed E-state index contributed by atoms with van der Waals surface area (Å²) in [6.07, 6.45) is 0.659. The molecule has 3 rings (SSSR count). The molecule has 0 bridgehead atoms. The van der Waals surface area contributed by atoms with Crippen LogP contribution in [0, 0.1) is 25.1 Å². The van der Waals surface area contributed by atoms with Crippen LogP contribution in [-0.2, 0) is 11.3 Å². The number of benzene rings is 1. The van der Waals surface area contributed by atoms with Crippen LogP contribution in [0.25, 0.3) is 5.69 Å². The quantitative estimate of drug-likeness (QED) is 0.936. The number of nitrogens with zero attached hydrogens (tertiary/aromatic N) is 3. The number of aromatic nitrogens is 2. The molecule has 2 heterocycles. The molecule has 1 aliphatic rings. The number of carboxylic acids is 1. The normalized spacial score (nSPS) is 21.3. The second-order valence-corrected chi connectivity index (χ2v) is 6.86. The lowest BCUT2D eigenvalue weighted by Crippen LogP contribution is -2.31. The summed E-state index contributed by atoms with van der Waals surface area (Å²) in [7, 11) is 0. The number of halogens is 1. The van der Waals surface area contributed by atoms with E-state index in [0.717, 1.165) is 29.2 Å². The number of carboxylic acid groups (broad SMARTS) is 1. The Morgan fingerprint density at radius 1 is 1.33 bits per heavy atom. The summed E-state index contributed by atoms with van der Waals surface area (Å²) < 4.78 is 14.9. The van der Waals surface area contributed by atoms with E-state index in [1.54, 1.807) is 19.1 Å². The summed E-state index contributed by atoms with van der Waals surface area (Å²) in [5, 5.41) is 13.9. The van der Waals surface area contributed by atoms with Crippen molar-refractivity contribution in [1.82, 2.24) is 14.7 Å². The highest BCUT2D eigenvalue weighted by Gasteiger charge is 2.40.